The summed E-state index contributed by atoms with van der Waals surface area (Å²) in [5.74, 6) is -0.164. The smallest absolute Gasteiger partial charge is 0.269 e. The summed E-state index contributed by atoms with van der Waals surface area (Å²) in [6.07, 6.45) is 3.06. The first kappa shape index (κ1) is 16.8. The van der Waals surface area contributed by atoms with Gasteiger partial charge in [-0.1, -0.05) is 31.6 Å². The average molecular weight is 291 g/mol. The van der Waals surface area contributed by atoms with Crippen molar-refractivity contribution in [2.75, 3.05) is 6.54 Å². The first-order chi connectivity index (χ1) is 9.99. The van der Waals surface area contributed by atoms with E-state index in [4.69, 9.17) is 5.73 Å². The molecule has 114 valence electrons. The molecule has 0 saturated carbocycles. The van der Waals surface area contributed by atoms with Crippen LogP contribution in [0.5, 0.6) is 0 Å². The fourth-order valence-electron chi connectivity index (χ4n) is 2.05. The number of carbonyl (C=O) groups is 1. The molecule has 1 aromatic rings. The van der Waals surface area contributed by atoms with Crippen LogP contribution >= 0.6 is 0 Å². The van der Waals surface area contributed by atoms with Gasteiger partial charge in [0.2, 0.25) is 5.91 Å². The summed E-state index contributed by atoms with van der Waals surface area (Å²) in [5.41, 5.74) is 6.56. The van der Waals surface area contributed by atoms with E-state index in [-0.39, 0.29) is 18.1 Å². The quantitative estimate of drug-likeness (QED) is 0.452. The lowest BCUT2D eigenvalue weighted by atomic mass is 10.1. The average Bonchev–Trinajstić information content (AvgIpc) is 2.46. The Morgan fingerprint density at radius 3 is 2.86 bits per heavy atom. The molecule has 0 radical (unpaired) electrons. The van der Waals surface area contributed by atoms with Gasteiger partial charge < -0.3 is 10.6 Å². The molecule has 6 heteroatoms. The number of carbonyl (C=O) groups excluding carboxylic acids is 1. The third-order valence-electron chi connectivity index (χ3n) is 3.07. The fraction of sp³-hybridized carbons (Fsp3) is 0.400. The summed E-state index contributed by atoms with van der Waals surface area (Å²) >= 11 is 0. The van der Waals surface area contributed by atoms with Crippen LogP contribution in [0.2, 0.25) is 0 Å². The Balaban J connectivity index is 2.87. The number of rotatable bonds is 8. The van der Waals surface area contributed by atoms with Gasteiger partial charge in [0.15, 0.2) is 0 Å². The number of non-ortho nitro benzene ring substituents is 1. The molecule has 6 nitrogen and oxygen atoms in total. The number of nitro benzene ring substituents is 1. The molecule has 1 atom stereocenters. The van der Waals surface area contributed by atoms with Crippen LogP contribution in [-0.2, 0) is 11.3 Å². The summed E-state index contributed by atoms with van der Waals surface area (Å²) in [5, 5.41) is 10.8. The van der Waals surface area contributed by atoms with E-state index in [1.54, 1.807) is 23.1 Å². The maximum absolute atomic E-state index is 12.3. The van der Waals surface area contributed by atoms with E-state index in [1.807, 2.05) is 6.92 Å². The van der Waals surface area contributed by atoms with Gasteiger partial charge in [0.25, 0.3) is 5.69 Å². The maximum atomic E-state index is 12.3. The van der Waals surface area contributed by atoms with Gasteiger partial charge in [-0.15, -0.1) is 6.58 Å². The molecule has 0 aliphatic rings. The molecule has 21 heavy (non-hydrogen) atoms. The topological polar surface area (TPSA) is 89.5 Å². The normalized spacial score (nSPS) is 11.7. The minimum Gasteiger partial charge on any atom is -0.333 e. The predicted octanol–water partition coefficient (Wildman–Crippen LogP) is 2.24. The summed E-state index contributed by atoms with van der Waals surface area (Å²) < 4.78 is 0. The van der Waals surface area contributed by atoms with Crippen LogP contribution in [0.3, 0.4) is 0 Å². The van der Waals surface area contributed by atoms with E-state index in [0.717, 1.165) is 6.42 Å². The number of nitrogens with zero attached hydrogens (tertiary/aromatic N) is 2. The Morgan fingerprint density at radius 1 is 1.57 bits per heavy atom. The summed E-state index contributed by atoms with van der Waals surface area (Å²) in [7, 11) is 0. The van der Waals surface area contributed by atoms with Crippen LogP contribution in [0.4, 0.5) is 5.69 Å². The highest BCUT2D eigenvalue weighted by molar-refractivity contribution is 5.81. The molecular formula is C15H21N3O3. The molecule has 0 heterocycles. The van der Waals surface area contributed by atoms with Gasteiger partial charge in [-0.05, 0) is 12.0 Å². The van der Waals surface area contributed by atoms with Gasteiger partial charge in [-0.3, -0.25) is 14.9 Å². The van der Waals surface area contributed by atoms with Crippen LogP contribution < -0.4 is 5.73 Å². The highest BCUT2D eigenvalue weighted by Gasteiger charge is 2.20. The van der Waals surface area contributed by atoms with Crippen molar-refractivity contribution in [2.24, 2.45) is 5.73 Å². The number of nitro groups is 1. The largest absolute Gasteiger partial charge is 0.333 e. The lowest BCUT2D eigenvalue weighted by Gasteiger charge is -2.24. The fourth-order valence-corrected chi connectivity index (χ4v) is 2.05. The molecule has 1 rings (SSSR count). The lowest BCUT2D eigenvalue weighted by molar-refractivity contribution is -0.384. The zero-order valence-electron chi connectivity index (χ0n) is 12.2. The van der Waals surface area contributed by atoms with E-state index in [9.17, 15) is 14.9 Å². The van der Waals surface area contributed by atoms with E-state index < -0.39 is 11.0 Å². The van der Waals surface area contributed by atoms with Gasteiger partial charge in [0, 0.05) is 25.2 Å². The SMILES string of the molecule is C=CCN(Cc1cccc([N+](=O)[O-])c1)C(=O)C(N)CCC. The minimum atomic E-state index is -0.548. The Labute approximate surface area is 124 Å². The zero-order valence-corrected chi connectivity index (χ0v) is 12.2. The number of amides is 1. The van der Waals surface area contributed by atoms with E-state index in [0.29, 0.717) is 18.5 Å². The molecule has 2 N–H and O–H groups in total. The maximum Gasteiger partial charge on any atom is 0.269 e. The van der Waals surface area contributed by atoms with Crippen LogP contribution in [0.1, 0.15) is 25.3 Å². The second-order valence-electron chi connectivity index (χ2n) is 4.83. The standard InChI is InChI=1S/C15H21N3O3/c1-3-6-14(16)15(19)17(9-4-2)11-12-7-5-8-13(10-12)18(20)21/h4-5,7-8,10,14H,2-3,6,9,11,16H2,1H3. The molecule has 0 aliphatic carbocycles. The second kappa shape index (κ2) is 8.16. The highest BCUT2D eigenvalue weighted by Crippen LogP contribution is 2.15. The van der Waals surface area contributed by atoms with Crippen molar-refractivity contribution in [1.82, 2.24) is 4.90 Å². The predicted molar refractivity (Wildman–Crippen MR) is 81.6 cm³/mol. The summed E-state index contributed by atoms with van der Waals surface area (Å²) in [6, 6.07) is 5.70. The minimum absolute atomic E-state index is 0.0105. The van der Waals surface area contributed by atoms with Crippen molar-refractivity contribution >= 4 is 11.6 Å². The molecule has 1 unspecified atom stereocenters. The van der Waals surface area contributed by atoms with Crippen molar-refractivity contribution in [1.29, 1.82) is 0 Å². The molecule has 0 spiro atoms. The number of hydrogen-bond donors (Lipinski definition) is 1. The van der Waals surface area contributed by atoms with Gasteiger partial charge in [-0.25, -0.2) is 0 Å². The molecule has 0 bridgehead atoms. The molecule has 0 aliphatic heterocycles. The van der Waals surface area contributed by atoms with E-state index >= 15 is 0 Å². The van der Waals surface area contributed by atoms with Crippen LogP contribution in [-0.4, -0.2) is 28.3 Å². The Kier molecular flexibility index (Phi) is 6.55. The van der Waals surface area contributed by atoms with Crippen LogP contribution in [0.15, 0.2) is 36.9 Å². The third-order valence-corrected chi connectivity index (χ3v) is 3.07. The van der Waals surface area contributed by atoms with E-state index in [2.05, 4.69) is 6.58 Å². The number of benzene rings is 1. The zero-order chi connectivity index (χ0) is 15.8. The Morgan fingerprint density at radius 2 is 2.29 bits per heavy atom. The summed E-state index contributed by atoms with van der Waals surface area (Å²) in [6.45, 7) is 6.24. The number of nitrogens with two attached hydrogens (primary N) is 1. The summed E-state index contributed by atoms with van der Waals surface area (Å²) in [4.78, 5) is 24.2. The first-order valence-corrected chi connectivity index (χ1v) is 6.88. The highest BCUT2D eigenvalue weighted by atomic mass is 16.6. The van der Waals surface area contributed by atoms with Crippen molar-refractivity contribution < 1.29 is 9.72 Å². The third kappa shape index (κ3) is 5.00. The monoisotopic (exact) mass is 291 g/mol. The number of hydrogen-bond acceptors (Lipinski definition) is 4. The van der Waals surface area contributed by atoms with Gasteiger partial charge in [-0.2, -0.15) is 0 Å². The van der Waals surface area contributed by atoms with Crippen molar-refractivity contribution in [3.63, 3.8) is 0 Å². The molecular weight excluding hydrogens is 270 g/mol. The van der Waals surface area contributed by atoms with Gasteiger partial charge >= 0.3 is 0 Å². The van der Waals surface area contributed by atoms with Crippen molar-refractivity contribution in [3.8, 4) is 0 Å². The van der Waals surface area contributed by atoms with Gasteiger partial charge in [0.05, 0.1) is 11.0 Å². The lowest BCUT2D eigenvalue weighted by Crippen LogP contribution is -2.43. The van der Waals surface area contributed by atoms with E-state index in [1.165, 1.54) is 12.1 Å². The Bertz CT molecular complexity index is 517. The van der Waals surface area contributed by atoms with Gasteiger partial charge in [0.1, 0.15) is 0 Å². The molecule has 0 fully saturated rings. The second-order valence-corrected chi connectivity index (χ2v) is 4.83. The molecule has 0 aromatic heterocycles. The Hall–Kier alpha value is -2.21. The first-order valence-electron chi connectivity index (χ1n) is 6.88. The van der Waals surface area contributed by atoms with Crippen molar-refractivity contribution in [3.05, 3.63) is 52.6 Å². The van der Waals surface area contributed by atoms with Crippen LogP contribution in [0, 0.1) is 10.1 Å². The van der Waals surface area contributed by atoms with Crippen molar-refractivity contribution in [2.45, 2.75) is 32.4 Å². The molecule has 1 amide bonds. The van der Waals surface area contributed by atoms with Crippen LogP contribution in [0.25, 0.3) is 0 Å². The molecule has 0 saturated heterocycles. The molecule has 1 aromatic carbocycles.